The van der Waals surface area contributed by atoms with Gasteiger partial charge in [0.25, 0.3) is 5.56 Å². The van der Waals surface area contributed by atoms with E-state index < -0.39 is 29.4 Å². The van der Waals surface area contributed by atoms with Crippen molar-refractivity contribution in [3.63, 3.8) is 0 Å². The smallest absolute Gasteiger partial charge is 0.421 e. The number of carbonyl (C=O) groups excluding carboxylic acids is 1. The molecule has 1 aromatic rings. The number of H-pyrrole nitrogens is 1. The number of nitrogens with one attached hydrogen (secondary N) is 1. The molecule has 0 radical (unpaired) electrons. The molecule has 1 unspecified atom stereocenters. The molecule has 0 aliphatic heterocycles. The van der Waals surface area contributed by atoms with Gasteiger partial charge in [-0.1, -0.05) is 0 Å². The number of carbonyl (C=O) groups is 1. The van der Waals surface area contributed by atoms with Gasteiger partial charge in [-0.3, -0.25) is 9.59 Å². The third-order valence-electron chi connectivity index (χ3n) is 2.44. The molecule has 118 valence electrons. The van der Waals surface area contributed by atoms with Crippen LogP contribution in [0.3, 0.4) is 0 Å². The average Bonchev–Trinajstić information content (AvgIpc) is 2.36. The molecule has 6 nitrogen and oxygen atoms in total. The molecule has 0 saturated carbocycles. The minimum absolute atomic E-state index is 0.0245. The van der Waals surface area contributed by atoms with Crippen LogP contribution in [0.5, 0.6) is 0 Å². The van der Waals surface area contributed by atoms with Crippen molar-refractivity contribution in [1.82, 2.24) is 10.2 Å². The Balaban J connectivity index is 2.64. The van der Waals surface area contributed by atoms with Crippen LogP contribution in [-0.2, 0) is 27.1 Å². The highest BCUT2D eigenvalue weighted by molar-refractivity contribution is 5.69. The first kappa shape index (κ1) is 17.2. The zero-order valence-corrected chi connectivity index (χ0v) is 11.5. The summed E-state index contributed by atoms with van der Waals surface area (Å²) in [5.41, 5.74) is -2.74. The van der Waals surface area contributed by atoms with Crippen molar-refractivity contribution in [2.75, 3.05) is 6.61 Å². The van der Waals surface area contributed by atoms with Crippen molar-refractivity contribution in [2.24, 2.45) is 0 Å². The topological polar surface area (TPSA) is 81.3 Å². The Kier molecular flexibility index (Phi) is 5.89. The summed E-state index contributed by atoms with van der Waals surface area (Å²) >= 11 is 0. The summed E-state index contributed by atoms with van der Waals surface area (Å²) in [6.07, 6.45) is -5.34. The number of hydrogen-bond donors (Lipinski definition) is 1. The zero-order chi connectivity index (χ0) is 16.0. The summed E-state index contributed by atoms with van der Waals surface area (Å²) in [4.78, 5) is 22.2. The van der Waals surface area contributed by atoms with Crippen LogP contribution in [0, 0.1) is 0 Å². The number of esters is 1. The van der Waals surface area contributed by atoms with Crippen LogP contribution >= 0.6 is 0 Å². The third kappa shape index (κ3) is 5.54. The molecule has 0 spiro atoms. The molecule has 0 saturated heterocycles. The lowest BCUT2D eigenvalue weighted by molar-refractivity contribution is -0.146. The fraction of sp³-hybridized carbons (Fsp3) is 0.583. The number of halogens is 3. The fourth-order valence-electron chi connectivity index (χ4n) is 1.47. The SMILES string of the molecule is CCOC(=O)CC(C)OCc1cc(C(F)(F)F)c(=O)[nH]n1. The van der Waals surface area contributed by atoms with E-state index >= 15 is 0 Å². The first-order valence-corrected chi connectivity index (χ1v) is 6.17. The van der Waals surface area contributed by atoms with Gasteiger partial charge < -0.3 is 9.47 Å². The van der Waals surface area contributed by atoms with Crippen LogP contribution < -0.4 is 5.56 Å². The van der Waals surface area contributed by atoms with Crippen LogP contribution in [0.15, 0.2) is 10.9 Å². The Hall–Kier alpha value is -1.90. The van der Waals surface area contributed by atoms with E-state index in [-0.39, 0.29) is 25.3 Å². The Labute approximate surface area is 118 Å². The number of rotatable bonds is 6. The van der Waals surface area contributed by atoms with Gasteiger partial charge in [-0.25, -0.2) is 5.10 Å². The molecule has 21 heavy (non-hydrogen) atoms. The molecule has 0 amide bonds. The van der Waals surface area contributed by atoms with Gasteiger partial charge in [-0.05, 0) is 19.9 Å². The molecule has 0 fully saturated rings. The molecule has 1 N–H and O–H groups in total. The number of ether oxygens (including phenoxy) is 2. The van der Waals surface area contributed by atoms with E-state index in [4.69, 9.17) is 9.47 Å². The van der Waals surface area contributed by atoms with E-state index in [0.29, 0.717) is 6.07 Å². The van der Waals surface area contributed by atoms with Crippen molar-refractivity contribution in [3.8, 4) is 0 Å². The van der Waals surface area contributed by atoms with Crippen LogP contribution in [0.2, 0.25) is 0 Å². The fourth-order valence-corrected chi connectivity index (χ4v) is 1.47. The molecule has 1 atom stereocenters. The van der Waals surface area contributed by atoms with Crippen molar-refractivity contribution in [1.29, 1.82) is 0 Å². The van der Waals surface area contributed by atoms with Gasteiger partial charge in [0.1, 0.15) is 5.56 Å². The van der Waals surface area contributed by atoms with Crippen LogP contribution in [-0.4, -0.2) is 28.9 Å². The van der Waals surface area contributed by atoms with Crippen LogP contribution in [0.4, 0.5) is 13.2 Å². The predicted octanol–water partition coefficient (Wildman–Crippen LogP) is 1.65. The number of aromatic amines is 1. The largest absolute Gasteiger partial charge is 0.466 e. The normalized spacial score (nSPS) is 13.0. The highest BCUT2D eigenvalue weighted by Gasteiger charge is 2.34. The van der Waals surface area contributed by atoms with Crippen LogP contribution in [0.1, 0.15) is 31.5 Å². The molecule has 0 bridgehead atoms. The Bertz CT molecular complexity index is 542. The standard InChI is InChI=1S/C12H15F3N2O4/c1-3-20-10(18)4-7(2)21-6-8-5-9(12(13,14)15)11(19)17-16-8/h5,7H,3-4,6H2,1-2H3,(H,17,19). The van der Waals surface area contributed by atoms with Crippen LogP contribution in [0.25, 0.3) is 0 Å². The number of nitrogens with zero attached hydrogens (tertiary/aromatic N) is 1. The molecule has 9 heteroatoms. The lowest BCUT2D eigenvalue weighted by Crippen LogP contribution is -2.24. The molecule has 0 aliphatic rings. The third-order valence-corrected chi connectivity index (χ3v) is 2.44. The Morgan fingerprint density at radius 3 is 2.71 bits per heavy atom. The number of alkyl halides is 3. The van der Waals surface area contributed by atoms with Crippen molar-refractivity contribution in [2.45, 2.75) is 39.2 Å². The lowest BCUT2D eigenvalue weighted by atomic mass is 10.2. The Morgan fingerprint density at radius 2 is 2.14 bits per heavy atom. The van der Waals surface area contributed by atoms with Gasteiger partial charge in [0.05, 0.1) is 31.4 Å². The second-order valence-corrected chi connectivity index (χ2v) is 4.23. The second-order valence-electron chi connectivity index (χ2n) is 4.23. The molecule has 0 aromatic carbocycles. The zero-order valence-electron chi connectivity index (χ0n) is 11.5. The number of hydrogen-bond acceptors (Lipinski definition) is 5. The predicted molar refractivity (Wildman–Crippen MR) is 65.4 cm³/mol. The van der Waals surface area contributed by atoms with Gasteiger partial charge in [-0.2, -0.15) is 18.3 Å². The first-order valence-electron chi connectivity index (χ1n) is 6.17. The summed E-state index contributed by atoms with van der Waals surface area (Å²) in [6.45, 7) is 3.21. The van der Waals surface area contributed by atoms with Gasteiger partial charge in [-0.15, -0.1) is 0 Å². The molecular weight excluding hydrogens is 293 g/mol. The van der Waals surface area contributed by atoms with Gasteiger partial charge in [0, 0.05) is 0 Å². The maximum Gasteiger partial charge on any atom is 0.421 e. The summed E-state index contributed by atoms with van der Waals surface area (Å²) in [5.74, 6) is -0.463. The first-order chi connectivity index (χ1) is 9.74. The molecule has 0 aliphatic carbocycles. The van der Waals surface area contributed by atoms with Gasteiger partial charge in [0.2, 0.25) is 0 Å². The molecule has 1 heterocycles. The van der Waals surface area contributed by atoms with E-state index in [1.54, 1.807) is 18.9 Å². The van der Waals surface area contributed by atoms with Gasteiger partial charge >= 0.3 is 12.1 Å². The quantitative estimate of drug-likeness (QED) is 0.808. The van der Waals surface area contributed by atoms with E-state index in [0.717, 1.165) is 0 Å². The minimum atomic E-state index is -4.76. The van der Waals surface area contributed by atoms with Gasteiger partial charge in [0.15, 0.2) is 0 Å². The maximum absolute atomic E-state index is 12.5. The number of aromatic nitrogens is 2. The van der Waals surface area contributed by atoms with E-state index in [9.17, 15) is 22.8 Å². The lowest BCUT2D eigenvalue weighted by Gasteiger charge is -2.12. The van der Waals surface area contributed by atoms with E-state index in [2.05, 4.69) is 5.10 Å². The maximum atomic E-state index is 12.5. The molecular formula is C12H15F3N2O4. The summed E-state index contributed by atoms with van der Waals surface area (Å²) < 4.78 is 47.5. The van der Waals surface area contributed by atoms with Crippen molar-refractivity contribution < 1.29 is 27.4 Å². The second kappa shape index (κ2) is 7.21. The van der Waals surface area contributed by atoms with Crippen molar-refractivity contribution in [3.05, 3.63) is 27.7 Å². The highest BCUT2D eigenvalue weighted by atomic mass is 19.4. The summed E-state index contributed by atoms with van der Waals surface area (Å²) in [6, 6.07) is 0.621. The van der Waals surface area contributed by atoms with E-state index in [1.807, 2.05) is 0 Å². The average molecular weight is 308 g/mol. The Morgan fingerprint density at radius 1 is 1.48 bits per heavy atom. The summed E-state index contributed by atoms with van der Waals surface area (Å²) in [5, 5.41) is 5.22. The van der Waals surface area contributed by atoms with E-state index in [1.165, 1.54) is 0 Å². The summed E-state index contributed by atoms with van der Waals surface area (Å²) in [7, 11) is 0. The molecule has 1 rings (SSSR count). The highest BCUT2D eigenvalue weighted by Crippen LogP contribution is 2.26. The molecule has 1 aromatic heterocycles. The monoisotopic (exact) mass is 308 g/mol. The van der Waals surface area contributed by atoms with Crippen molar-refractivity contribution >= 4 is 5.97 Å². The minimum Gasteiger partial charge on any atom is -0.466 e.